The van der Waals surface area contributed by atoms with Gasteiger partial charge in [0.25, 0.3) is 0 Å². The van der Waals surface area contributed by atoms with Gasteiger partial charge >= 0.3 is 0 Å². The van der Waals surface area contributed by atoms with Gasteiger partial charge in [-0.25, -0.2) is 17.8 Å². The van der Waals surface area contributed by atoms with Crippen LogP contribution in [0.25, 0.3) is 0 Å². The van der Waals surface area contributed by atoms with Crippen LogP contribution < -0.4 is 4.74 Å². The number of nitrogens with zero attached hydrogens (tertiary/aromatic N) is 2. The second-order valence-corrected chi connectivity index (χ2v) is 9.57. The third kappa shape index (κ3) is 3.10. The summed E-state index contributed by atoms with van der Waals surface area (Å²) in [6.07, 6.45) is 2.27. The lowest BCUT2D eigenvalue weighted by molar-refractivity contribution is 0.0581. The van der Waals surface area contributed by atoms with E-state index in [-0.39, 0.29) is 17.5 Å². The first kappa shape index (κ1) is 17.4. The molecule has 26 heavy (non-hydrogen) atoms. The summed E-state index contributed by atoms with van der Waals surface area (Å²) in [5, 5.41) is 0. The molecule has 2 aliphatic rings. The molecule has 0 saturated carbocycles. The first-order chi connectivity index (χ1) is 12.5. The van der Waals surface area contributed by atoms with Gasteiger partial charge in [0, 0.05) is 37.8 Å². The Labute approximate surface area is 152 Å². The van der Waals surface area contributed by atoms with Crippen LogP contribution in [0.1, 0.15) is 12.0 Å². The maximum Gasteiger partial charge on any atom is 0.213 e. The summed E-state index contributed by atoms with van der Waals surface area (Å²) in [6.45, 7) is 1.86. The monoisotopic (exact) mass is 376 g/mol. The van der Waals surface area contributed by atoms with E-state index in [9.17, 15) is 12.8 Å². The van der Waals surface area contributed by atoms with Crippen molar-refractivity contribution >= 4 is 9.84 Å². The topological polar surface area (TPSA) is 59.5 Å². The first-order valence-corrected chi connectivity index (χ1v) is 10.4. The number of aromatic nitrogens is 1. The van der Waals surface area contributed by atoms with Crippen molar-refractivity contribution in [3.63, 3.8) is 0 Å². The van der Waals surface area contributed by atoms with E-state index in [4.69, 9.17) is 4.74 Å². The van der Waals surface area contributed by atoms with Gasteiger partial charge in [-0.05, 0) is 30.2 Å². The minimum absolute atomic E-state index is 0.0433. The quantitative estimate of drug-likeness (QED) is 0.801. The van der Waals surface area contributed by atoms with Gasteiger partial charge in [-0.2, -0.15) is 0 Å². The van der Waals surface area contributed by atoms with Gasteiger partial charge in [0.05, 0.1) is 12.4 Å². The first-order valence-electron chi connectivity index (χ1n) is 8.71. The standard InChI is InChI=1S/C19H21FN2O3S/c20-17-5-3-4-15(10-17)11-22-13-19(14-22)16(7-9-26(19,23)24)12-25-18-6-1-2-8-21-18/h1-6,8,10,16H,7,9,11-14H2/t16-/m0/s1. The molecular formula is C19H21FN2O3S. The number of pyridine rings is 1. The largest absolute Gasteiger partial charge is 0.477 e. The molecule has 0 radical (unpaired) electrons. The fraction of sp³-hybridized carbons (Fsp3) is 0.421. The fourth-order valence-corrected chi connectivity index (χ4v) is 6.50. The summed E-state index contributed by atoms with van der Waals surface area (Å²) in [4.78, 5) is 6.19. The summed E-state index contributed by atoms with van der Waals surface area (Å²) in [5.41, 5.74) is 0.858. The Hall–Kier alpha value is -1.99. The van der Waals surface area contributed by atoms with E-state index in [1.807, 2.05) is 18.2 Å². The van der Waals surface area contributed by atoms with Gasteiger partial charge in [0.15, 0.2) is 9.84 Å². The highest BCUT2D eigenvalue weighted by Gasteiger charge is 2.61. The van der Waals surface area contributed by atoms with E-state index in [1.54, 1.807) is 18.3 Å². The lowest BCUT2D eigenvalue weighted by atomic mass is 9.83. The molecule has 2 aromatic rings. The van der Waals surface area contributed by atoms with E-state index in [1.165, 1.54) is 12.1 Å². The van der Waals surface area contributed by atoms with Crippen LogP contribution in [0.15, 0.2) is 48.7 Å². The van der Waals surface area contributed by atoms with Gasteiger partial charge in [-0.3, -0.25) is 4.90 Å². The molecule has 1 atom stereocenters. The van der Waals surface area contributed by atoms with Crippen LogP contribution in [0.5, 0.6) is 5.88 Å². The number of benzene rings is 1. The molecule has 0 bridgehead atoms. The zero-order valence-corrected chi connectivity index (χ0v) is 15.2. The van der Waals surface area contributed by atoms with Crippen LogP contribution in [-0.4, -0.2) is 48.5 Å². The summed E-state index contributed by atoms with van der Waals surface area (Å²) in [6, 6.07) is 11.9. The summed E-state index contributed by atoms with van der Waals surface area (Å²) in [7, 11) is -3.15. The van der Waals surface area contributed by atoms with Crippen molar-refractivity contribution in [3.05, 3.63) is 60.0 Å². The van der Waals surface area contributed by atoms with Crippen molar-refractivity contribution < 1.29 is 17.5 Å². The second-order valence-electron chi connectivity index (χ2n) is 7.12. The van der Waals surface area contributed by atoms with E-state index < -0.39 is 14.6 Å². The van der Waals surface area contributed by atoms with Crippen molar-refractivity contribution in [2.45, 2.75) is 17.7 Å². The zero-order chi connectivity index (χ0) is 18.2. The molecule has 1 aromatic heterocycles. The summed E-state index contributed by atoms with van der Waals surface area (Å²) < 4.78 is 43.7. The van der Waals surface area contributed by atoms with Gasteiger partial charge in [-0.1, -0.05) is 18.2 Å². The Morgan fingerprint density at radius 2 is 2.08 bits per heavy atom. The van der Waals surface area contributed by atoms with Crippen LogP contribution in [0.4, 0.5) is 4.39 Å². The maximum absolute atomic E-state index is 13.3. The van der Waals surface area contributed by atoms with Crippen molar-refractivity contribution in [1.29, 1.82) is 0 Å². The zero-order valence-electron chi connectivity index (χ0n) is 14.3. The second kappa shape index (κ2) is 6.63. The van der Waals surface area contributed by atoms with Crippen molar-refractivity contribution in [1.82, 2.24) is 9.88 Å². The van der Waals surface area contributed by atoms with E-state index >= 15 is 0 Å². The van der Waals surface area contributed by atoms with E-state index in [2.05, 4.69) is 9.88 Å². The Morgan fingerprint density at radius 3 is 2.81 bits per heavy atom. The van der Waals surface area contributed by atoms with E-state index in [0.717, 1.165) is 5.56 Å². The number of hydrogen-bond acceptors (Lipinski definition) is 5. The molecule has 2 aliphatic heterocycles. The third-order valence-electron chi connectivity index (χ3n) is 5.45. The Balaban J connectivity index is 1.43. The smallest absolute Gasteiger partial charge is 0.213 e. The third-order valence-corrected chi connectivity index (χ3v) is 8.05. The van der Waals surface area contributed by atoms with E-state index in [0.29, 0.717) is 38.5 Å². The van der Waals surface area contributed by atoms with Crippen molar-refractivity contribution in [2.24, 2.45) is 5.92 Å². The van der Waals surface area contributed by atoms with Crippen molar-refractivity contribution in [3.8, 4) is 5.88 Å². The lowest BCUT2D eigenvalue weighted by Crippen LogP contribution is -2.67. The Bertz CT molecular complexity index is 883. The highest BCUT2D eigenvalue weighted by molar-refractivity contribution is 7.93. The van der Waals surface area contributed by atoms with Gasteiger partial charge in [-0.15, -0.1) is 0 Å². The molecule has 1 aromatic carbocycles. The molecule has 2 saturated heterocycles. The minimum Gasteiger partial charge on any atom is -0.477 e. The number of sulfone groups is 1. The molecule has 3 heterocycles. The van der Waals surface area contributed by atoms with Crippen LogP contribution in [0.3, 0.4) is 0 Å². The van der Waals surface area contributed by atoms with Crippen LogP contribution in [0, 0.1) is 11.7 Å². The number of halogens is 1. The van der Waals surface area contributed by atoms with Crippen LogP contribution in [-0.2, 0) is 16.4 Å². The normalized spacial score (nSPS) is 23.7. The van der Waals surface area contributed by atoms with Gasteiger partial charge < -0.3 is 4.74 Å². The number of likely N-dealkylation sites (tertiary alicyclic amines) is 1. The molecule has 0 unspecified atom stereocenters. The molecule has 7 heteroatoms. The molecule has 4 rings (SSSR count). The van der Waals surface area contributed by atoms with Gasteiger partial charge in [0.2, 0.25) is 5.88 Å². The number of rotatable bonds is 5. The predicted octanol–water partition coefficient (Wildman–Crippen LogP) is 2.29. The van der Waals surface area contributed by atoms with Gasteiger partial charge in [0.1, 0.15) is 10.6 Å². The lowest BCUT2D eigenvalue weighted by Gasteiger charge is -2.50. The highest BCUT2D eigenvalue weighted by atomic mass is 32.2. The summed E-state index contributed by atoms with van der Waals surface area (Å²) in [5.74, 6) is 0.408. The average Bonchev–Trinajstić information content (AvgIpc) is 2.85. The maximum atomic E-state index is 13.3. The molecular weight excluding hydrogens is 355 g/mol. The molecule has 138 valence electrons. The Kier molecular flexibility index (Phi) is 4.44. The molecule has 5 nitrogen and oxygen atoms in total. The fourth-order valence-electron chi connectivity index (χ4n) is 4.04. The van der Waals surface area contributed by atoms with Crippen LogP contribution in [0.2, 0.25) is 0 Å². The summed E-state index contributed by atoms with van der Waals surface area (Å²) >= 11 is 0. The minimum atomic E-state index is -3.15. The number of hydrogen-bond donors (Lipinski definition) is 0. The SMILES string of the molecule is O=S1(=O)CC[C@@H](COc2ccccn2)C12CN(Cc1cccc(F)c1)C2. The van der Waals surface area contributed by atoms with Crippen molar-refractivity contribution in [2.75, 3.05) is 25.4 Å². The molecule has 0 amide bonds. The predicted molar refractivity (Wildman–Crippen MR) is 96.0 cm³/mol. The molecule has 2 fully saturated rings. The van der Waals surface area contributed by atoms with Crippen LogP contribution >= 0.6 is 0 Å². The average molecular weight is 376 g/mol. The molecule has 0 N–H and O–H groups in total. The molecule has 0 aliphatic carbocycles. The number of ether oxygens (including phenoxy) is 1. The highest BCUT2D eigenvalue weighted by Crippen LogP contribution is 2.45. The molecule has 1 spiro atoms. The Morgan fingerprint density at radius 1 is 1.23 bits per heavy atom.